The van der Waals surface area contributed by atoms with Gasteiger partial charge in [0, 0.05) is 36.0 Å². The first-order valence-electron chi connectivity index (χ1n) is 9.34. The molecule has 0 aliphatic carbocycles. The van der Waals surface area contributed by atoms with Crippen LogP contribution in [0.5, 0.6) is 0 Å². The third kappa shape index (κ3) is 7.98. The molecule has 1 atom stereocenters. The number of rotatable bonds is 9. The number of nitrogens with zero attached hydrogens (tertiary/aromatic N) is 2. The molecular formula is C20H30FIN4OS. The monoisotopic (exact) mass is 520 g/mol. The number of nitrogens with one attached hydrogen (secondary N) is 2. The summed E-state index contributed by atoms with van der Waals surface area (Å²) in [7, 11) is 0. The van der Waals surface area contributed by atoms with Crippen molar-refractivity contribution in [1.29, 1.82) is 0 Å². The molecule has 2 aromatic rings. The van der Waals surface area contributed by atoms with Crippen molar-refractivity contribution in [3.63, 3.8) is 0 Å². The van der Waals surface area contributed by atoms with Crippen molar-refractivity contribution in [3.8, 4) is 0 Å². The van der Waals surface area contributed by atoms with Gasteiger partial charge in [-0.25, -0.2) is 4.39 Å². The number of aromatic nitrogens is 1. The largest absolute Gasteiger partial charge is 0.361 e. The average Bonchev–Trinajstić information content (AvgIpc) is 2.99. The van der Waals surface area contributed by atoms with E-state index >= 15 is 0 Å². The van der Waals surface area contributed by atoms with Crippen LogP contribution in [0.15, 0.2) is 38.7 Å². The first-order valence-corrected chi connectivity index (χ1v) is 10.3. The van der Waals surface area contributed by atoms with Crippen LogP contribution in [0.2, 0.25) is 0 Å². The Morgan fingerprint density at radius 2 is 1.96 bits per heavy atom. The maximum Gasteiger partial charge on any atom is 0.191 e. The summed E-state index contributed by atoms with van der Waals surface area (Å²) in [6.45, 7) is 10.4. The second kappa shape index (κ2) is 13.0. The molecule has 0 aliphatic heterocycles. The highest BCUT2D eigenvalue weighted by Crippen LogP contribution is 2.23. The van der Waals surface area contributed by atoms with Crippen LogP contribution in [0, 0.1) is 19.7 Å². The standard InChI is InChI=1S/C20H29FN4OS.HI/c1-5-22-20(24-13-14(2)19-15(3)25-26-16(19)4)23-11-6-12-27-18-9-7-17(21)8-10-18;/h7-10,14H,5-6,11-13H2,1-4H3,(H2,22,23,24);1H. The predicted molar refractivity (Wildman–Crippen MR) is 126 cm³/mol. The van der Waals surface area contributed by atoms with Crippen LogP contribution < -0.4 is 10.6 Å². The molecule has 0 bridgehead atoms. The lowest BCUT2D eigenvalue weighted by molar-refractivity contribution is 0.391. The van der Waals surface area contributed by atoms with Crippen molar-refractivity contribution in [2.75, 3.05) is 25.4 Å². The van der Waals surface area contributed by atoms with Crippen LogP contribution in [0.3, 0.4) is 0 Å². The Balaban J connectivity index is 0.00000392. The first-order chi connectivity index (χ1) is 13.0. The average molecular weight is 520 g/mol. The van der Waals surface area contributed by atoms with Crippen molar-refractivity contribution in [2.24, 2.45) is 4.99 Å². The van der Waals surface area contributed by atoms with E-state index in [1.165, 1.54) is 12.1 Å². The molecule has 28 heavy (non-hydrogen) atoms. The predicted octanol–water partition coefficient (Wildman–Crippen LogP) is 4.89. The fourth-order valence-corrected chi connectivity index (χ4v) is 3.71. The molecule has 156 valence electrons. The summed E-state index contributed by atoms with van der Waals surface area (Å²) in [6, 6.07) is 6.62. The van der Waals surface area contributed by atoms with Gasteiger partial charge in [0.15, 0.2) is 5.96 Å². The zero-order valence-corrected chi connectivity index (χ0v) is 20.1. The third-order valence-electron chi connectivity index (χ3n) is 4.14. The number of thioether (sulfide) groups is 1. The lowest BCUT2D eigenvalue weighted by Gasteiger charge is -2.13. The summed E-state index contributed by atoms with van der Waals surface area (Å²) < 4.78 is 18.2. The van der Waals surface area contributed by atoms with Gasteiger partial charge in [0.1, 0.15) is 11.6 Å². The molecule has 0 saturated heterocycles. The molecule has 1 unspecified atom stereocenters. The maximum absolute atomic E-state index is 12.9. The molecule has 2 rings (SSSR count). The zero-order chi connectivity index (χ0) is 19.6. The molecule has 1 aromatic carbocycles. The minimum atomic E-state index is -0.196. The van der Waals surface area contributed by atoms with E-state index < -0.39 is 0 Å². The molecule has 0 aliphatic rings. The van der Waals surface area contributed by atoms with E-state index in [0.717, 1.165) is 53.1 Å². The van der Waals surface area contributed by atoms with Gasteiger partial charge in [-0.2, -0.15) is 0 Å². The fraction of sp³-hybridized carbons (Fsp3) is 0.500. The molecule has 1 aromatic heterocycles. The molecule has 8 heteroatoms. The summed E-state index contributed by atoms with van der Waals surface area (Å²) >= 11 is 1.73. The van der Waals surface area contributed by atoms with Crippen molar-refractivity contribution in [2.45, 2.75) is 44.9 Å². The minimum absolute atomic E-state index is 0. The lowest BCUT2D eigenvalue weighted by Crippen LogP contribution is -2.38. The quantitative estimate of drug-likeness (QED) is 0.162. The van der Waals surface area contributed by atoms with Crippen molar-refractivity contribution in [3.05, 3.63) is 47.1 Å². The van der Waals surface area contributed by atoms with E-state index in [4.69, 9.17) is 9.52 Å². The molecular weight excluding hydrogens is 490 g/mol. The number of benzene rings is 1. The molecule has 0 fully saturated rings. The van der Waals surface area contributed by atoms with Gasteiger partial charge in [0.25, 0.3) is 0 Å². The van der Waals surface area contributed by atoms with E-state index in [-0.39, 0.29) is 35.7 Å². The van der Waals surface area contributed by atoms with Crippen LogP contribution in [-0.2, 0) is 0 Å². The van der Waals surface area contributed by atoms with Gasteiger partial charge in [-0.1, -0.05) is 12.1 Å². The smallest absolute Gasteiger partial charge is 0.191 e. The number of halogens is 2. The second-order valence-electron chi connectivity index (χ2n) is 6.44. The highest BCUT2D eigenvalue weighted by atomic mass is 127. The Kier molecular flexibility index (Phi) is 11.5. The van der Waals surface area contributed by atoms with Gasteiger partial charge in [-0.15, -0.1) is 35.7 Å². The van der Waals surface area contributed by atoms with Crippen LogP contribution in [-0.4, -0.2) is 36.5 Å². The number of guanidine groups is 1. The Morgan fingerprint density at radius 3 is 2.57 bits per heavy atom. The molecule has 0 spiro atoms. The van der Waals surface area contributed by atoms with Gasteiger partial charge in [0.05, 0.1) is 5.69 Å². The molecule has 2 N–H and O–H groups in total. The number of aryl methyl sites for hydroxylation is 2. The molecule has 1 heterocycles. The van der Waals surface area contributed by atoms with Gasteiger partial charge in [0.2, 0.25) is 0 Å². The summed E-state index contributed by atoms with van der Waals surface area (Å²) in [5.74, 6) is 2.71. The third-order valence-corrected chi connectivity index (χ3v) is 5.24. The Labute approximate surface area is 188 Å². The normalized spacial score (nSPS) is 12.4. The summed E-state index contributed by atoms with van der Waals surface area (Å²) in [5, 5.41) is 10.7. The van der Waals surface area contributed by atoms with Gasteiger partial charge in [-0.05, 0) is 57.2 Å². The summed E-state index contributed by atoms with van der Waals surface area (Å²) in [6.07, 6.45) is 0.992. The Morgan fingerprint density at radius 1 is 1.25 bits per heavy atom. The van der Waals surface area contributed by atoms with Crippen LogP contribution in [0.4, 0.5) is 4.39 Å². The van der Waals surface area contributed by atoms with E-state index in [0.29, 0.717) is 6.54 Å². The van der Waals surface area contributed by atoms with Crippen LogP contribution >= 0.6 is 35.7 Å². The molecule has 0 radical (unpaired) electrons. The van der Waals surface area contributed by atoms with Crippen molar-refractivity contribution in [1.82, 2.24) is 15.8 Å². The zero-order valence-electron chi connectivity index (χ0n) is 16.9. The number of hydrogen-bond acceptors (Lipinski definition) is 4. The van der Waals surface area contributed by atoms with Crippen LogP contribution in [0.25, 0.3) is 0 Å². The maximum atomic E-state index is 12.9. The van der Waals surface area contributed by atoms with E-state index in [1.807, 2.05) is 26.0 Å². The highest BCUT2D eigenvalue weighted by molar-refractivity contribution is 14.0. The molecule has 5 nitrogen and oxygen atoms in total. The summed E-state index contributed by atoms with van der Waals surface area (Å²) in [5.41, 5.74) is 2.08. The molecule has 0 amide bonds. The fourth-order valence-electron chi connectivity index (χ4n) is 2.85. The topological polar surface area (TPSA) is 62.5 Å². The van der Waals surface area contributed by atoms with E-state index in [9.17, 15) is 4.39 Å². The van der Waals surface area contributed by atoms with Gasteiger partial charge < -0.3 is 15.2 Å². The van der Waals surface area contributed by atoms with E-state index in [1.54, 1.807) is 11.8 Å². The van der Waals surface area contributed by atoms with Crippen LogP contribution in [0.1, 0.15) is 43.2 Å². The molecule has 0 saturated carbocycles. The second-order valence-corrected chi connectivity index (χ2v) is 7.61. The van der Waals surface area contributed by atoms with E-state index in [2.05, 4.69) is 29.6 Å². The van der Waals surface area contributed by atoms with Crippen molar-refractivity contribution >= 4 is 41.7 Å². The minimum Gasteiger partial charge on any atom is -0.361 e. The number of hydrogen-bond donors (Lipinski definition) is 2. The number of aliphatic imine (C=N–C) groups is 1. The highest BCUT2D eigenvalue weighted by Gasteiger charge is 2.16. The Hall–Kier alpha value is -1.29. The lowest BCUT2D eigenvalue weighted by atomic mass is 10.00. The Bertz CT molecular complexity index is 717. The SMILES string of the molecule is CCNC(=NCC(C)c1c(C)noc1C)NCCCSc1ccc(F)cc1.I. The summed E-state index contributed by atoms with van der Waals surface area (Å²) in [4.78, 5) is 5.78. The first kappa shape index (κ1) is 24.7. The van der Waals surface area contributed by atoms with Gasteiger partial charge >= 0.3 is 0 Å². The van der Waals surface area contributed by atoms with Gasteiger partial charge in [-0.3, -0.25) is 4.99 Å². The van der Waals surface area contributed by atoms with Crippen molar-refractivity contribution < 1.29 is 8.91 Å².